The fourth-order valence-corrected chi connectivity index (χ4v) is 7.64. The quantitative estimate of drug-likeness (QED) is 0.0273. The molecule has 0 aliphatic carbocycles. The number of ether oxygens (including phenoxy) is 2. The van der Waals surface area contributed by atoms with Crippen LogP contribution >= 0.6 is 7.75 Å². The molecule has 52 heavy (non-hydrogen) atoms. The number of fused-ring (bicyclic) bond motifs is 1. The van der Waals surface area contributed by atoms with E-state index < -0.39 is 50.4 Å². The monoisotopic (exact) mass is 744 g/mol. The lowest BCUT2D eigenvalue weighted by molar-refractivity contribution is -0.145. The smallest absolute Gasteiger partial charge is 0.459 e. The number of nitrogens with one attached hydrogen (secondary N) is 1. The second-order valence-corrected chi connectivity index (χ2v) is 15.0. The van der Waals surface area contributed by atoms with Gasteiger partial charge >= 0.3 is 19.8 Å². The Morgan fingerprint density at radius 2 is 1.71 bits per heavy atom. The van der Waals surface area contributed by atoms with Gasteiger partial charge < -0.3 is 24.8 Å². The lowest BCUT2D eigenvalue weighted by Crippen LogP contribution is -2.43. The summed E-state index contributed by atoms with van der Waals surface area (Å²) in [7, 11) is -4.34. The number of hydrogen-bond acceptors (Lipinski definition) is 11. The van der Waals surface area contributed by atoms with E-state index in [1.807, 2.05) is 0 Å². The Hall–Kier alpha value is -3.60. The number of carbonyl (C=O) groups is 1. The predicted octanol–water partition coefficient (Wildman–Crippen LogP) is 7.41. The number of para-hydroxylation sites is 1. The maximum Gasteiger partial charge on any atom is 0.459 e. The van der Waals surface area contributed by atoms with E-state index in [-0.39, 0.29) is 35.8 Å². The van der Waals surface area contributed by atoms with E-state index in [4.69, 9.17) is 30.7 Å². The van der Waals surface area contributed by atoms with Crippen LogP contribution in [0.2, 0.25) is 0 Å². The molecule has 1 aliphatic heterocycles. The van der Waals surface area contributed by atoms with Crippen molar-refractivity contribution in [2.75, 3.05) is 18.9 Å². The van der Waals surface area contributed by atoms with E-state index in [1.165, 1.54) is 88.4 Å². The zero-order chi connectivity index (χ0) is 37.4. The first-order valence-corrected chi connectivity index (χ1v) is 20.1. The van der Waals surface area contributed by atoms with Crippen LogP contribution in [0.3, 0.4) is 0 Å². The minimum Gasteiger partial charge on any atom is -0.465 e. The summed E-state index contributed by atoms with van der Waals surface area (Å²) in [5.41, 5.74) is 4.15. The number of anilines is 1. The Labute approximate surface area is 306 Å². The minimum absolute atomic E-state index is 0.0390. The van der Waals surface area contributed by atoms with E-state index in [0.29, 0.717) is 0 Å². The molecule has 13 nitrogen and oxygen atoms in total. The highest BCUT2D eigenvalue weighted by atomic mass is 31.2. The maximum atomic E-state index is 14.1. The second-order valence-electron chi connectivity index (χ2n) is 13.3. The largest absolute Gasteiger partial charge is 0.465 e. The number of esters is 1. The number of aliphatic hydroxyl groups excluding tert-OH is 1. The van der Waals surface area contributed by atoms with Gasteiger partial charge in [0, 0.05) is 6.42 Å². The van der Waals surface area contributed by atoms with Crippen molar-refractivity contribution >= 4 is 30.7 Å². The average molecular weight is 745 g/mol. The number of benzene rings is 1. The summed E-state index contributed by atoms with van der Waals surface area (Å²) in [5.74, 6) is 1.83. The van der Waals surface area contributed by atoms with Gasteiger partial charge in [-0.3, -0.25) is 13.9 Å². The van der Waals surface area contributed by atoms with Crippen molar-refractivity contribution in [2.45, 2.75) is 134 Å². The van der Waals surface area contributed by atoms with Crippen LogP contribution in [-0.4, -0.2) is 61.6 Å². The van der Waals surface area contributed by atoms with Gasteiger partial charge in [-0.25, -0.2) is 9.55 Å². The molecule has 4 N–H and O–H groups in total. The molecule has 4 rings (SSSR count). The Kier molecular flexibility index (Phi) is 16.3. The highest BCUT2D eigenvalue weighted by Crippen LogP contribution is 2.48. The first-order valence-electron chi connectivity index (χ1n) is 18.5. The number of halogens is 1. The zero-order valence-corrected chi connectivity index (χ0v) is 31.3. The predicted molar refractivity (Wildman–Crippen MR) is 197 cm³/mol. The number of nitrogens with two attached hydrogens (primary N) is 1. The van der Waals surface area contributed by atoms with Gasteiger partial charge in [-0.1, -0.05) is 115 Å². The first kappa shape index (κ1) is 41.2. The molecule has 5 atom stereocenters. The van der Waals surface area contributed by atoms with Gasteiger partial charge in [-0.15, -0.1) is 6.42 Å². The number of nitrogen functional groups attached to an aromatic ring is 1. The third-order valence-electron chi connectivity index (χ3n) is 9.15. The lowest BCUT2D eigenvalue weighted by Gasteiger charge is -2.29. The van der Waals surface area contributed by atoms with Crippen molar-refractivity contribution in [2.24, 2.45) is 0 Å². The Morgan fingerprint density at radius 1 is 1.10 bits per heavy atom. The number of nitrogens with zero attached hydrogens (tertiary/aromatic N) is 4. The summed E-state index contributed by atoms with van der Waals surface area (Å²) in [5, 5.41) is 13.7. The molecule has 0 amide bonds. The molecule has 0 radical (unpaired) electrons. The van der Waals surface area contributed by atoms with E-state index in [0.717, 1.165) is 19.3 Å². The van der Waals surface area contributed by atoms with Crippen LogP contribution in [0.25, 0.3) is 11.2 Å². The third kappa shape index (κ3) is 12.0. The zero-order valence-electron chi connectivity index (χ0n) is 30.4. The van der Waals surface area contributed by atoms with E-state index in [9.17, 15) is 18.9 Å². The molecule has 15 heteroatoms. The highest BCUT2D eigenvalue weighted by Gasteiger charge is 2.50. The van der Waals surface area contributed by atoms with Gasteiger partial charge in [0.15, 0.2) is 22.6 Å². The van der Waals surface area contributed by atoms with Gasteiger partial charge in [-0.2, -0.15) is 19.4 Å². The Bertz CT molecular complexity index is 1640. The summed E-state index contributed by atoms with van der Waals surface area (Å²) in [4.78, 5) is 24.3. The van der Waals surface area contributed by atoms with Crippen LogP contribution in [0, 0.1) is 18.4 Å². The van der Waals surface area contributed by atoms with Crippen LogP contribution < -0.4 is 15.3 Å². The molecular weight excluding hydrogens is 690 g/mol. The molecule has 3 aromatic rings. The summed E-state index contributed by atoms with van der Waals surface area (Å²) in [6.07, 6.45) is 20.9. The minimum atomic E-state index is -4.34. The molecule has 0 spiro atoms. The number of carbonyl (C=O) groups excluding carboxylic acids is 1. The Balaban J connectivity index is 1.25. The molecule has 3 heterocycles. The topological polar surface area (TPSA) is 173 Å². The Morgan fingerprint density at radius 3 is 2.33 bits per heavy atom. The molecule has 0 saturated carbocycles. The van der Waals surface area contributed by atoms with Crippen LogP contribution in [-0.2, 0) is 23.4 Å². The number of aromatic nitrogens is 4. The van der Waals surface area contributed by atoms with Crippen LogP contribution in [0.15, 0.2) is 36.7 Å². The van der Waals surface area contributed by atoms with Gasteiger partial charge in [0.05, 0.1) is 12.9 Å². The van der Waals surface area contributed by atoms with Gasteiger partial charge in [0.1, 0.15) is 30.7 Å². The van der Waals surface area contributed by atoms with Crippen molar-refractivity contribution < 1.29 is 37.4 Å². The average Bonchev–Trinajstić information content (AvgIpc) is 3.70. The van der Waals surface area contributed by atoms with E-state index in [2.05, 4.69) is 32.9 Å². The van der Waals surface area contributed by atoms with Crippen molar-refractivity contribution in [1.29, 1.82) is 0 Å². The van der Waals surface area contributed by atoms with E-state index >= 15 is 0 Å². The molecule has 1 fully saturated rings. The summed E-state index contributed by atoms with van der Waals surface area (Å²) < 4.78 is 52.5. The fourth-order valence-electron chi connectivity index (χ4n) is 6.12. The summed E-state index contributed by atoms with van der Waals surface area (Å²) in [6, 6.07) is 7.17. The number of imidazole rings is 1. The number of unbranched alkanes of at least 4 members (excludes halogenated alkanes) is 13. The molecule has 1 saturated heterocycles. The van der Waals surface area contributed by atoms with Gasteiger partial charge in [0.2, 0.25) is 0 Å². The van der Waals surface area contributed by atoms with Crippen molar-refractivity contribution in [3.05, 3.63) is 42.7 Å². The van der Waals surface area contributed by atoms with Crippen molar-refractivity contribution in [1.82, 2.24) is 24.6 Å². The first-order chi connectivity index (χ1) is 25.1. The highest BCUT2D eigenvalue weighted by molar-refractivity contribution is 7.52. The summed E-state index contributed by atoms with van der Waals surface area (Å²) in [6.45, 7) is 3.37. The van der Waals surface area contributed by atoms with Crippen LogP contribution in [0.4, 0.5) is 10.2 Å². The van der Waals surface area contributed by atoms with Crippen LogP contribution in [0.5, 0.6) is 5.75 Å². The molecule has 0 bridgehead atoms. The molecular formula is C37H54FN6O7P. The molecule has 286 valence electrons. The SMILES string of the molecule is C#C[C@]1(CO[P@](=O)(N[C@@H](C)C(=O)OCCCCCCCCCCCCCCCC)Oc2ccccc2)O[C@@H](n2cnc3c(N)nc(F)nc32)C[C@@H]1O. The number of hydrogen-bond donors (Lipinski definition) is 3. The molecule has 2 aromatic heterocycles. The third-order valence-corrected chi connectivity index (χ3v) is 10.8. The number of aliphatic hydroxyl groups is 1. The van der Waals surface area contributed by atoms with Gasteiger partial charge in [-0.05, 0) is 25.5 Å². The van der Waals surface area contributed by atoms with Crippen LogP contribution in [0.1, 0.15) is 116 Å². The fraction of sp³-hybridized carbons (Fsp3) is 0.622. The summed E-state index contributed by atoms with van der Waals surface area (Å²) >= 11 is 0. The van der Waals surface area contributed by atoms with E-state index in [1.54, 1.807) is 30.3 Å². The molecule has 1 aliphatic rings. The number of terminal acetylenes is 1. The second kappa shape index (κ2) is 20.6. The maximum absolute atomic E-state index is 14.1. The van der Waals surface area contributed by atoms with Gasteiger partial charge in [0.25, 0.3) is 0 Å². The normalized spacial score (nSPS) is 20.4. The number of rotatable bonds is 24. The van der Waals surface area contributed by atoms with Crippen molar-refractivity contribution in [3.8, 4) is 18.1 Å². The van der Waals surface area contributed by atoms with Crippen molar-refractivity contribution in [3.63, 3.8) is 0 Å². The lowest BCUT2D eigenvalue weighted by atomic mass is 9.99. The standard InChI is InChI=1S/C37H54FN6O7P/c1-4-6-7-8-9-10-11-12-13-14-15-16-17-21-24-48-35(46)28(3)43-52(47,51-29-22-19-18-20-23-29)49-26-37(5-2)30(45)25-31(50-37)44-27-40-32-33(39)41-36(38)42-34(32)44/h2,18-20,22-23,27-28,30-31,45H,4,6-17,21,24-26H2,1,3H3,(H,43,47)(H2,39,41,42)/t28-,30-,31+,37+,52+/m0/s1. The molecule has 0 unspecified atom stereocenters. The molecule has 1 aromatic carbocycles.